The van der Waals surface area contributed by atoms with Crippen molar-refractivity contribution in [2.24, 2.45) is 11.8 Å². The van der Waals surface area contributed by atoms with E-state index in [2.05, 4.69) is 15.9 Å². The van der Waals surface area contributed by atoms with Gasteiger partial charge in [-0.1, -0.05) is 28.1 Å². The lowest BCUT2D eigenvalue weighted by Crippen LogP contribution is -2.35. The average molecular weight is 415 g/mol. The van der Waals surface area contributed by atoms with Gasteiger partial charge in [0.05, 0.1) is 10.5 Å². The predicted octanol–water partition coefficient (Wildman–Crippen LogP) is 4.58. The van der Waals surface area contributed by atoms with Crippen molar-refractivity contribution in [3.63, 3.8) is 0 Å². The Morgan fingerprint density at radius 1 is 1.08 bits per heavy atom. The maximum atomic E-state index is 12.5. The quantitative estimate of drug-likeness (QED) is 0.707. The second kappa shape index (κ2) is 7.69. The van der Waals surface area contributed by atoms with Crippen molar-refractivity contribution in [2.75, 3.05) is 5.75 Å². The minimum Gasteiger partial charge on any atom is -0.299 e. The van der Waals surface area contributed by atoms with Crippen LogP contribution in [0.3, 0.4) is 0 Å². The van der Waals surface area contributed by atoms with Crippen molar-refractivity contribution in [2.45, 2.75) is 57.6 Å². The highest BCUT2D eigenvalue weighted by Gasteiger charge is 2.34. The highest BCUT2D eigenvalue weighted by molar-refractivity contribution is 9.10. The highest BCUT2D eigenvalue weighted by atomic mass is 79.9. The van der Waals surface area contributed by atoms with Crippen LogP contribution in [0.1, 0.15) is 52.0 Å². The first-order valence-electron chi connectivity index (χ1n) is 8.58. The van der Waals surface area contributed by atoms with E-state index in [0.717, 1.165) is 35.7 Å². The molecule has 0 heterocycles. The van der Waals surface area contributed by atoms with Crippen LogP contribution in [0.25, 0.3) is 0 Å². The van der Waals surface area contributed by atoms with E-state index >= 15 is 0 Å². The van der Waals surface area contributed by atoms with Crippen LogP contribution in [-0.4, -0.2) is 24.7 Å². The molecule has 0 saturated heterocycles. The zero-order valence-corrected chi connectivity index (χ0v) is 17.1. The van der Waals surface area contributed by atoms with Gasteiger partial charge >= 0.3 is 0 Å². The molecule has 24 heavy (non-hydrogen) atoms. The Balaban J connectivity index is 1.86. The van der Waals surface area contributed by atoms with Gasteiger partial charge in [-0.3, -0.25) is 4.79 Å². The zero-order valence-electron chi connectivity index (χ0n) is 14.7. The molecule has 0 spiro atoms. The molecule has 0 N–H and O–H groups in total. The summed E-state index contributed by atoms with van der Waals surface area (Å²) in [5.74, 6) is 0.826. The fourth-order valence-corrected chi connectivity index (χ4v) is 4.88. The van der Waals surface area contributed by atoms with E-state index in [-0.39, 0.29) is 23.4 Å². The van der Waals surface area contributed by atoms with E-state index in [1.165, 1.54) is 0 Å². The molecular weight excluding hydrogens is 388 g/mol. The van der Waals surface area contributed by atoms with E-state index in [9.17, 15) is 13.2 Å². The molecule has 1 aliphatic rings. The fourth-order valence-electron chi connectivity index (χ4n) is 3.16. The van der Waals surface area contributed by atoms with E-state index in [1.54, 1.807) is 20.8 Å². The third-order valence-corrected chi connectivity index (χ3v) is 8.29. The minimum atomic E-state index is -3.08. The van der Waals surface area contributed by atoms with Gasteiger partial charge in [0.25, 0.3) is 0 Å². The summed E-state index contributed by atoms with van der Waals surface area (Å²) in [4.78, 5) is 12.5. The van der Waals surface area contributed by atoms with Crippen LogP contribution >= 0.6 is 15.9 Å². The molecule has 0 radical (unpaired) electrons. The maximum Gasteiger partial charge on any atom is 0.155 e. The summed E-state index contributed by atoms with van der Waals surface area (Å²) in [5.41, 5.74) is 1.04. The molecule has 2 rings (SSSR count). The molecule has 1 saturated carbocycles. The van der Waals surface area contributed by atoms with Gasteiger partial charge in [-0.05, 0) is 70.1 Å². The molecule has 1 aliphatic carbocycles. The number of rotatable bonds is 5. The molecule has 0 atom stereocenters. The van der Waals surface area contributed by atoms with Gasteiger partial charge in [-0.15, -0.1) is 0 Å². The summed E-state index contributed by atoms with van der Waals surface area (Å²) in [6.45, 7) is 5.28. The van der Waals surface area contributed by atoms with Gasteiger partial charge in [0.1, 0.15) is 5.78 Å². The monoisotopic (exact) mass is 414 g/mol. The Hall–Kier alpha value is -0.680. The summed E-state index contributed by atoms with van der Waals surface area (Å²) < 4.78 is 25.0. The molecule has 5 heteroatoms. The van der Waals surface area contributed by atoms with Gasteiger partial charge < -0.3 is 0 Å². The Morgan fingerprint density at radius 2 is 1.62 bits per heavy atom. The summed E-state index contributed by atoms with van der Waals surface area (Å²) in [6.07, 6.45) is 3.79. The number of hydrogen-bond donors (Lipinski definition) is 0. The highest BCUT2D eigenvalue weighted by Crippen LogP contribution is 2.33. The number of hydrogen-bond acceptors (Lipinski definition) is 3. The zero-order chi connectivity index (χ0) is 18.0. The van der Waals surface area contributed by atoms with E-state index < -0.39 is 14.6 Å². The molecule has 1 aromatic rings. The molecule has 0 amide bonds. The van der Waals surface area contributed by atoms with Gasteiger partial charge in [-0.25, -0.2) is 8.42 Å². The molecule has 0 bridgehead atoms. The second-order valence-corrected chi connectivity index (χ2v) is 11.6. The van der Waals surface area contributed by atoms with Crippen LogP contribution in [0.15, 0.2) is 28.7 Å². The topological polar surface area (TPSA) is 51.2 Å². The molecule has 1 fully saturated rings. The van der Waals surface area contributed by atoms with Crippen molar-refractivity contribution < 1.29 is 13.2 Å². The number of sulfone groups is 1. The normalized spacial score (nSPS) is 22.3. The van der Waals surface area contributed by atoms with Crippen LogP contribution in [0.5, 0.6) is 0 Å². The van der Waals surface area contributed by atoms with E-state index in [1.807, 2.05) is 24.3 Å². The number of Topliss-reactive ketones (excluding diaryl/α,β-unsaturated/α-hetero) is 1. The van der Waals surface area contributed by atoms with Crippen molar-refractivity contribution in [3.8, 4) is 0 Å². The average Bonchev–Trinajstić information content (AvgIpc) is 2.49. The van der Waals surface area contributed by atoms with Crippen LogP contribution in [-0.2, 0) is 21.1 Å². The Bertz CT molecular complexity index is 664. The van der Waals surface area contributed by atoms with Crippen molar-refractivity contribution in [1.82, 2.24) is 0 Å². The first-order valence-corrected chi connectivity index (χ1v) is 11.0. The number of carbonyl (C=O) groups is 1. The SMILES string of the molecule is CC(C)(C)S(=O)(=O)CC1CCC(C(=O)Cc2ccc(Br)cc2)CC1. The molecule has 3 nitrogen and oxygen atoms in total. The summed E-state index contributed by atoms with van der Waals surface area (Å²) in [6, 6.07) is 7.86. The number of ketones is 1. The predicted molar refractivity (Wildman–Crippen MR) is 102 cm³/mol. The molecular formula is C19H27BrO3S. The molecule has 1 aromatic carbocycles. The number of halogens is 1. The Kier molecular flexibility index (Phi) is 6.29. The Morgan fingerprint density at radius 3 is 2.12 bits per heavy atom. The third kappa shape index (κ3) is 5.16. The van der Waals surface area contributed by atoms with Crippen molar-refractivity contribution in [1.29, 1.82) is 0 Å². The lowest BCUT2D eigenvalue weighted by Gasteiger charge is -2.30. The lowest BCUT2D eigenvalue weighted by atomic mass is 9.79. The Labute approximate surface area is 154 Å². The minimum absolute atomic E-state index is 0.0854. The van der Waals surface area contributed by atoms with Gasteiger partial charge in [0.2, 0.25) is 0 Å². The van der Waals surface area contributed by atoms with Crippen molar-refractivity contribution in [3.05, 3.63) is 34.3 Å². The van der Waals surface area contributed by atoms with Crippen LogP contribution in [0, 0.1) is 11.8 Å². The van der Waals surface area contributed by atoms with Crippen LogP contribution in [0.2, 0.25) is 0 Å². The fraction of sp³-hybridized carbons (Fsp3) is 0.632. The summed E-state index contributed by atoms with van der Waals surface area (Å²) >= 11 is 3.40. The summed E-state index contributed by atoms with van der Waals surface area (Å²) in [5, 5.41) is 0. The largest absolute Gasteiger partial charge is 0.299 e. The second-order valence-electron chi connectivity index (χ2n) is 7.88. The third-order valence-electron chi connectivity index (χ3n) is 4.98. The molecule has 0 aromatic heterocycles. The molecule has 0 unspecified atom stereocenters. The van der Waals surface area contributed by atoms with E-state index in [0.29, 0.717) is 6.42 Å². The standard InChI is InChI=1S/C19H27BrO3S/c1-19(2,3)24(22,23)13-15-4-8-16(9-5-15)18(21)12-14-6-10-17(20)11-7-14/h6-7,10-11,15-16H,4-5,8-9,12-13H2,1-3H3. The first-order chi connectivity index (χ1) is 11.1. The van der Waals surface area contributed by atoms with Gasteiger partial charge in [0, 0.05) is 16.8 Å². The maximum absolute atomic E-state index is 12.5. The van der Waals surface area contributed by atoms with Gasteiger partial charge in [-0.2, -0.15) is 0 Å². The van der Waals surface area contributed by atoms with Crippen molar-refractivity contribution >= 4 is 31.6 Å². The van der Waals surface area contributed by atoms with Gasteiger partial charge in [0.15, 0.2) is 9.84 Å². The summed E-state index contributed by atoms with van der Waals surface area (Å²) in [7, 11) is -3.08. The number of carbonyl (C=O) groups excluding carboxylic acids is 1. The molecule has 134 valence electrons. The van der Waals surface area contributed by atoms with Crippen LogP contribution < -0.4 is 0 Å². The first kappa shape index (κ1) is 19.6. The van der Waals surface area contributed by atoms with E-state index in [4.69, 9.17) is 0 Å². The lowest BCUT2D eigenvalue weighted by molar-refractivity contribution is -0.123. The molecule has 0 aliphatic heterocycles. The van der Waals surface area contributed by atoms with Crippen LogP contribution in [0.4, 0.5) is 0 Å². The smallest absolute Gasteiger partial charge is 0.155 e. The number of benzene rings is 1.